The fourth-order valence-electron chi connectivity index (χ4n) is 5.04. The summed E-state index contributed by atoms with van der Waals surface area (Å²) < 4.78 is 0. The van der Waals surface area contributed by atoms with Gasteiger partial charge in [-0.3, -0.25) is 19.7 Å². The molecular formula is C23H22Cl2N2O5. The number of para-hydroxylation sites is 1. The van der Waals surface area contributed by atoms with Gasteiger partial charge in [-0.1, -0.05) is 55.2 Å². The highest BCUT2D eigenvalue weighted by molar-refractivity contribution is 6.35. The molecule has 9 heteroatoms. The van der Waals surface area contributed by atoms with Crippen LogP contribution in [0.25, 0.3) is 0 Å². The maximum atomic E-state index is 13.6. The molecule has 3 N–H and O–H groups in total. The third-order valence-corrected chi connectivity index (χ3v) is 6.68. The van der Waals surface area contributed by atoms with Crippen molar-refractivity contribution in [3.63, 3.8) is 0 Å². The second-order valence-electron chi connectivity index (χ2n) is 8.67. The van der Waals surface area contributed by atoms with Crippen molar-refractivity contribution >= 4 is 46.7 Å². The molecule has 2 fully saturated rings. The summed E-state index contributed by atoms with van der Waals surface area (Å²) in [5, 5.41) is 24.2. The topological polar surface area (TPSA) is 107 Å². The largest absolute Gasteiger partial charge is 0.506 e. The van der Waals surface area contributed by atoms with E-state index in [1.165, 1.54) is 12.1 Å². The lowest BCUT2D eigenvalue weighted by molar-refractivity contribution is -0.149. The van der Waals surface area contributed by atoms with E-state index in [4.69, 9.17) is 23.2 Å². The Labute approximate surface area is 194 Å². The van der Waals surface area contributed by atoms with Crippen LogP contribution in [0.5, 0.6) is 5.75 Å². The van der Waals surface area contributed by atoms with Crippen molar-refractivity contribution in [2.75, 3.05) is 4.90 Å². The van der Waals surface area contributed by atoms with Gasteiger partial charge < -0.3 is 10.2 Å². The molecule has 2 heterocycles. The van der Waals surface area contributed by atoms with E-state index in [1.54, 1.807) is 30.3 Å². The second kappa shape index (κ2) is 8.06. The molecule has 4 atom stereocenters. The maximum Gasteiger partial charge on any atom is 0.324 e. The highest BCUT2D eigenvalue weighted by atomic mass is 35.5. The van der Waals surface area contributed by atoms with E-state index in [9.17, 15) is 24.6 Å². The zero-order valence-corrected chi connectivity index (χ0v) is 18.9. The van der Waals surface area contributed by atoms with Gasteiger partial charge in [0, 0.05) is 16.6 Å². The first-order valence-corrected chi connectivity index (χ1v) is 11.0. The van der Waals surface area contributed by atoms with E-state index in [2.05, 4.69) is 5.32 Å². The van der Waals surface area contributed by atoms with Crippen molar-refractivity contribution in [1.82, 2.24) is 5.32 Å². The maximum absolute atomic E-state index is 13.6. The van der Waals surface area contributed by atoms with Crippen LogP contribution in [0.3, 0.4) is 0 Å². The Morgan fingerprint density at radius 1 is 1.16 bits per heavy atom. The highest BCUT2D eigenvalue weighted by Crippen LogP contribution is 2.53. The summed E-state index contributed by atoms with van der Waals surface area (Å²) in [6, 6.07) is 10.2. The number of amides is 2. The Morgan fingerprint density at radius 2 is 1.81 bits per heavy atom. The number of phenols is 1. The molecule has 2 aliphatic heterocycles. The van der Waals surface area contributed by atoms with Crippen molar-refractivity contribution in [3.05, 3.63) is 58.1 Å². The lowest BCUT2D eigenvalue weighted by Gasteiger charge is -2.32. The minimum atomic E-state index is -1.71. The number of carboxylic acids is 1. The number of nitrogens with zero attached hydrogens (tertiary/aromatic N) is 1. The van der Waals surface area contributed by atoms with Crippen molar-refractivity contribution in [1.29, 1.82) is 0 Å². The highest BCUT2D eigenvalue weighted by Gasteiger charge is 2.68. The normalized spacial score (nSPS) is 27.3. The van der Waals surface area contributed by atoms with Crippen LogP contribution in [-0.4, -0.2) is 33.5 Å². The molecule has 2 aromatic carbocycles. The van der Waals surface area contributed by atoms with Crippen LogP contribution in [0.2, 0.25) is 10.0 Å². The first-order chi connectivity index (χ1) is 15.1. The van der Waals surface area contributed by atoms with E-state index < -0.39 is 41.2 Å². The van der Waals surface area contributed by atoms with Gasteiger partial charge in [0.05, 0.1) is 22.5 Å². The standard InChI is InChI=1S/C23H22Cl2N2O5/c1-11(2)10-23(22(31)32)17-16(18(26-23)14-8-12(24)9-15(25)19(14)28)20(29)27(21(17)30)13-6-4-3-5-7-13/h3-9,11,16-18,26,28H,10H2,1-2H3,(H,31,32)/t16-,17+,18+,23-/m0/s1. The smallest absolute Gasteiger partial charge is 0.324 e. The van der Waals surface area contributed by atoms with Gasteiger partial charge in [0.1, 0.15) is 11.3 Å². The summed E-state index contributed by atoms with van der Waals surface area (Å²) in [5.74, 6) is -4.98. The molecule has 168 valence electrons. The number of hydrogen-bond acceptors (Lipinski definition) is 5. The molecule has 0 saturated carbocycles. The Morgan fingerprint density at radius 3 is 2.41 bits per heavy atom. The van der Waals surface area contributed by atoms with Crippen LogP contribution < -0.4 is 10.2 Å². The molecule has 7 nitrogen and oxygen atoms in total. The van der Waals surface area contributed by atoms with E-state index >= 15 is 0 Å². The summed E-state index contributed by atoms with van der Waals surface area (Å²) in [5.41, 5.74) is -1.16. The van der Waals surface area contributed by atoms with E-state index in [1.807, 2.05) is 13.8 Å². The molecule has 2 saturated heterocycles. The zero-order chi connectivity index (χ0) is 23.4. The number of carboxylic acid groups (broad SMARTS) is 1. The lowest BCUT2D eigenvalue weighted by Crippen LogP contribution is -2.56. The van der Waals surface area contributed by atoms with Crippen LogP contribution in [0.15, 0.2) is 42.5 Å². The van der Waals surface area contributed by atoms with Crippen molar-refractivity contribution in [2.24, 2.45) is 17.8 Å². The second-order valence-corrected chi connectivity index (χ2v) is 9.52. The van der Waals surface area contributed by atoms with Crippen LogP contribution in [0, 0.1) is 17.8 Å². The van der Waals surface area contributed by atoms with Gasteiger partial charge >= 0.3 is 5.97 Å². The van der Waals surface area contributed by atoms with Crippen LogP contribution in [0.4, 0.5) is 5.69 Å². The molecule has 2 aromatic rings. The van der Waals surface area contributed by atoms with E-state index in [0.29, 0.717) is 5.69 Å². The number of carbonyl (C=O) groups excluding carboxylic acids is 2. The molecular weight excluding hydrogens is 455 g/mol. The minimum absolute atomic E-state index is 0.0285. The van der Waals surface area contributed by atoms with Gasteiger partial charge in [-0.25, -0.2) is 4.90 Å². The third-order valence-electron chi connectivity index (χ3n) is 6.17. The number of rotatable bonds is 5. The number of aromatic hydroxyl groups is 1. The molecule has 0 unspecified atom stereocenters. The number of imide groups is 1. The van der Waals surface area contributed by atoms with Crippen LogP contribution in [0.1, 0.15) is 31.9 Å². The summed E-state index contributed by atoms with van der Waals surface area (Å²) in [4.78, 5) is 40.8. The van der Waals surface area contributed by atoms with Crippen LogP contribution >= 0.6 is 23.2 Å². The molecule has 2 aliphatic rings. The van der Waals surface area contributed by atoms with Gasteiger partial charge in [0.25, 0.3) is 0 Å². The summed E-state index contributed by atoms with van der Waals surface area (Å²) in [6.45, 7) is 3.69. The Hall–Kier alpha value is -2.61. The number of halogens is 2. The Balaban J connectivity index is 1.92. The number of aliphatic carboxylic acids is 1. The van der Waals surface area contributed by atoms with Gasteiger partial charge in [-0.15, -0.1) is 0 Å². The van der Waals surface area contributed by atoms with Crippen LogP contribution in [-0.2, 0) is 14.4 Å². The minimum Gasteiger partial charge on any atom is -0.506 e. The number of carbonyl (C=O) groups is 3. The number of benzene rings is 2. The molecule has 0 bridgehead atoms. The number of fused-ring (bicyclic) bond motifs is 1. The Bertz CT molecular complexity index is 1110. The summed E-state index contributed by atoms with van der Waals surface area (Å²) in [7, 11) is 0. The summed E-state index contributed by atoms with van der Waals surface area (Å²) in [6.07, 6.45) is 0.108. The SMILES string of the molecule is CC(C)C[C@]1(C(=O)O)N[C@H](c2cc(Cl)cc(Cl)c2O)[C@H]2C(=O)N(c3ccccc3)C(=O)[C@@H]21. The predicted octanol–water partition coefficient (Wildman–Crippen LogP) is 4.02. The average molecular weight is 477 g/mol. The number of anilines is 1. The average Bonchev–Trinajstić information content (AvgIpc) is 3.19. The zero-order valence-electron chi connectivity index (χ0n) is 17.4. The molecule has 0 radical (unpaired) electrons. The quantitative estimate of drug-likeness (QED) is 0.562. The van der Waals surface area contributed by atoms with E-state index in [-0.39, 0.29) is 33.7 Å². The molecule has 0 spiro atoms. The van der Waals surface area contributed by atoms with Crippen molar-refractivity contribution in [2.45, 2.75) is 31.8 Å². The number of nitrogens with one attached hydrogen (secondary N) is 1. The first kappa shape index (κ1) is 22.6. The van der Waals surface area contributed by atoms with Gasteiger partial charge in [0.2, 0.25) is 11.8 Å². The number of phenolic OH excluding ortho intramolecular Hbond substituents is 1. The Kier molecular flexibility index (Phi) is 5.69. The molecule has 2 amide bonds. The van der Waals surface area contributed by atoms with Crippen molar-refractivity contribution in [3.8, 4) is 5.75 Å². The lowest BCUT2D eigenvalue weighted by atomic mass is 9.75. The number of hydrogen-bond donors (Lipinski definition) is 3. The van der Waals surface area contributed by atoms with Gasteiger partial charge in [0.15, 0.2) is 0 Å². The third kappa shape index (κ3) is 3.36. The monoisotopic (exact) mass is 476 g/mol. The van der Waals surface area contributed by atoms with E-state index in [0.717, 1.165) is 4.90 Å². The predicted molar refractivity (Wildman–Crippen MR) is 120 cm³/mol. The first-order valence-electron chi connectivity index (χ1n) is 10.2. The molecule has 32 heavy (non-hydrogen) atoms. The molecule has 0 aliphatic carbocycles. The van der Waals surface area contributed by atoms with Gasteiger partial charge in [-0.05, 0) is 36.6 Å². The summed E-state index contributed by atoms with van der Waals surface area (Å²) >= 11 is 12.3. The molecule has 0 aromatic heterocycles. The fraction of sp³-hybridized carbons (Fsp3) is 0.348. The molecule has 4 rings (SSSR count). The van der Waals surface area contributed by atoms with Crippen molar-refractivity contribution < 1.29 is 24.6 Å². The fourth-order valence-corrected chi connectivity index (χ4v) is 5.55. The van der Waals surface area contributed by atoms with Gasteiger partial charge in [-0.2, -0.15) is 0 Å².